The maximum Gasteiger partial charge on any atom is 0.143 e. The molecule has 1 atom stereocenters. The van der Waals surface area contributed by atoms with Crippen LogP contribution in [0.4, 0.5) is 0 Å². The Labute approximate surface area is 74.7 Å². The number of hydrogen-bond acceptors (Lipinski definition) is 3. The van der Waals surface area contributed by atoms with Gasteiger partial charge in [-0.15, -0.1) is 0 Å². The number of rotatable bonds is 0. The molecular formula is C8H8ClNO2. The van der Waals surface area contributed by atoms with Crippen LogP contribution in [0.25, 0.3) is 0 Å². The van der Waals surface area contributed by atoms with E-state index >= 15 is 0 Å². The number of nitrogens with two attached hydrogens (primary N) is 1. The fourth-order valence-electron chi connectivity index (χ4n) is 1.29. The van der Waals surface area contributed by atoms with Gasteiger partial charge in [0.25, 0.3) is 0 Å². The molecule has 3 nitrogen and oxygen atoms in total. The molecule has 0 bridgehead atoms. The minimum absolute atomic E-state index is 0.125. The Morgan fingerprint density at radius 2 is 2.33 bits per heavy atom. The Hall–Kier alpha value is -0.930. The van der Waals surface area contributed by atoms with Crippen LogP contribution in [-0.4, -0.2) is 11.7 Å². The topological polar surface area (TPSA) is 55.5 Å². The number of aromatic hydroxyl groups is 1. The van der Waals surface area contributed by atoms with E-state index in [4.69, 9.17) is 22.1 Å². The molecule has 0 spiro atoms. The van der Waals surface area contributed by atoms with Gasteiger partial charge in [0.15, 0.2) is 0 Å². The van der Waals surface area contributed by atoms with Gasteiger partial charge in [-0.25, -0.2) is 0 Å². The first kappa shape index (κ1) is 7.71. The highest BCUT2D eigenvalue weighted by atomic mass is 35.5. The molecule has 1 aromatic rings. The van der Waals surface area contributed by atoms with Gasteiger partial charge in [-0.1, -0.05) is 11.6 Å². The van der Waals surface area contributed by atoms with Crippen LogP contribution in [0.5, 0.6) is 11.5 Å². The first-order valence-electron chi connectivity index (χ1n) is 3.59. The Bertz CT molecular complexity index is 327. The van der Waals surface area contributed by atoms with Gasteiger partial charge >= 0.3 is 0 Å². The van der Waals surface area contributed by atoms with E-state index in [0.717, 1.165) is 5.56 Å². The molecule has 0 radical (unpaired) electrons. The second-order valence-corrected chi connectivity index (χ2v) is 3.17. The van der Waals surface area contributed by atoms with Gasteiger partial charge in [0.05, 0.1) is 11.1 Å². The van der Waals surface area contributed by atoms with E-state index in [0.29, 0.717) is 17.4 Å². The van der Waals surface area contributed by atoms with Crippen molar-refractivity contribution < 1.29 is 9.84 Å². The molecule has 64 valence electrons. The summed E-state index contributed by atoms with van der Waals surface area (Å²) >= 11 is 5.80. The van der Waals surface area contributed by atoms with Crippen molar-refractivity contribution in [3.05, 3.63) is 22.7 Å². The van der Waals surface area contributed by atoms with E-state index in [1.54, 1.807) is 6.07 Å². The minimum atomic E-state index is -0.176. The van der Waals surface area contributed by atoms with Gasteiger partial charge in [0, 0.05) is 11.6 Å². The molecular weight excluding hydrogens is 178 g/mol. The maximum atomic E-state index is 9.20. The van der Waals surface area contributed by atoms with Crippen molar-refractivity contribution in [2.24, 2.45) is 5.73 Å². The summed E-state index contributed by atoms with van der Waals surface area (Å²) in [6, 6.07) is 2.85. The number of halogens is 1. The van der Waals surface area contributed by atoms with Gasteiger partial charge < -0.3 is 15.6 Å². The normalized spacial score (nSPS) is 20.3. The lowest BCUT2D eigenvalue weighted by molar-refractivity contribution is 0.333. The Morgan fingerprint density at radius 1 is 1.58 bits per heavy atom. The highest BCUT2D eigenvalue weighted by Crippen LogP contribution is 2.39. The van der Waals surface area contributed by atoms with Crippen molar-refractivity contribution in [3.63, 3.8) is 0 Å². The van der Waals surface area contributed by atoms with E-state index in [-0.39, 0.29) is 11.8 Å². The van der Waals surface area contributed by atoms with Crippen molar-refractivity contribution in [2.45, 2.75) is 6.04 Å². The molecule has 12 heavy (non-hydrogen) atoms. The molecule has 0 aliphatic carbocycles. The third-order valence-corrected chi connectivity index (χ3v) is 2.14. The molecule has 1 heterocycles. The number of ether oxygens (including phenoxy) is 1. The number of hydrogen-bond donors (Lipinski definition) is 2. The van der Waals surface area contributed by atoms with Gasteiger partial charge in [0.1, 0.15) is 18.1 Å². The predicted octanol–water partition coefficient (Wildman–Crippen LogP) is 1.44. The predicted molar refractivity (Wildman–Crippen MR) is 45.5 cm³/mol. The fraction of sp³-hybridized carbons (Fsp3) is 0.250. The molecule has 2 rings (SSSR count). The molecule has 1 aliphatic rings. The van der Waals surface area contributed by atoms with Crippen LogP contribution in [0, 0.1) is 0 Å². The Balaban J connectivity index is 2.60. The van der Waals surface area contributed by atoms with Crippen molar-refractivity contribution in [3.8, 4) is 11.5 Å². The maximum absolute atomic E-state index is 9.20. The van der Waals surface area contributed by atoms with Gasteiger partial charge in [-0.2, -0.15) is 0 Å². The second-order valence-electron chi connectivity index (χ2n) is 2.76. The van der Waals surface area contributed by atoms with Crippen molar-refractivity contribution >= 4 is 11.6 Å². The lowest BCUT2D eigenvalue weighted by Crippen LogP contribution is -2.10. The minimum Gasteiger partial charge on any atom is -0.508 e. The van der Waals surface area contributed by atoms with E-state index < -0.39 is 0 Å². The van der Waals surface area contributed by atoms with Crippen molar-refractivity contribution in [1.82, 2.24) is 0 Å². The number of phenols is 1. The average molecular weight is 186 g/mol. The van der Waals surface area contributed by atoms with Crippen LogP contribution < -0.4 is 10.5 Å². The smallest absolute Gasteiger partial charge is 0.143 e. The number of benzene rings is 1. The summed E-state index contributed by atoms with van der Waals surface area (Å²) in [7, 11) is 0. The molecule has 0 saturated carbocycles. The second kappa shape index (κ2) is 2.54. The molecule has 1 aromatic carbocycles. The molecule has 0 amide bonds. The zero-order valence-electron chi connectivity index (χ0n) is 6.25. The third kappa shape index (κ3) is 1.02. The molecule has 4 heteroatoms. The molecule has 1 aliphatic heterocycles. The Kier molecular flexibility index (Phi) is 1.63. The van der Waals surface area contributed by atoms with E-state index in [9.17, 15) is 5.11 Å². The van der Waals surface area contributed by atoms with E-state index in [1.165, 1.54) is 6.07 Å². The summed E-state index contributed by atoms with van der Waals surface area (Å²) in [5, 5.41) is 9.61. The van der Waals surface area contributed by atoms with Gasteiger partial charge in [-0.05, 0) is 6.07 Å². The van der Waals surface area contributed by atoms with E-state index in [1.807, 2.05) is 0 Å². The monoisotopic (exact) mass is 185 g/mol. The zero-order chi connectivity index (χ0) is 8.72. The summed E-state index contributed by atoms with van der Waals surface area (Å²) in [5.74, 6) is 0.724. The first-order valence-corrected chi connectivity index (χ1v) is 3.97. The number of phenolic OH excluding ortho intramolecular Hbond substituents is 1. The first-order chi connectivity index (χ1) is 5.68. The summed E-state index contributed by atoms with van der Waals surface area (Å²) < 4.78 is 5.23. The summed E-state index contributed by atoms with van der Waals surface area (Å²) in [4.78, 5) is 0. The van der Waals surface area contributed by atoms with Gasteiger partial charge in [-0.3, -0.25) is 0 Å². The van der Waals surface area contributed by atoms with Crippen LogP contribution >= 0.6 is 11.6 Å². The Morgan fingerprint density at radius 3 is 3.08 bits per heavy atom. The van der Waals surface area contributed by atoms with Crippen LogP contribution in [0.3, 0.4) is 0 Å². The standard InChI is InChI=1S/C8H8ClNO2/c9-6-2-4(11)1-5-7(10)3-12-8(5)6/h1-2,7,11H,3,10H2. The average Bonchev–Trinajstić information content (AvgIpc) is 2.33. The molecule has 3 N–H and O–H groups in total. The summed E-state index contributed by atoms with van der Waals surface area (Å²) in [6.45, 7) is 0.429. The van der Waals surface area contributed by atoms with Crippen LogP contribution in [-0.2, 0) is 0 Å². The lowest BCUT2D eigenvalue weighted by atomic mass is 10.1. The summed E-state index contributed by atoms with van der Waals surface area (Å²) in [5.41, 5.74) is 6.47. The van der Waals surface area contributed by atoms with E-state index in [2.05, 4.69) is 0 Å². The lowest BCUT2D eigenvalue weighted by Gasteiger charge is -2.02. The van der Waals surface area contributed by atoms with Gasteiger partial charge in [0.2, 0.25) is 0 Å². The molecule has 0 saturated heterocycles. The van der Waals surface area contributed by atoms with Crippen LogP contribution in [0.1, 0.15) is 11.6 Å². The highest BCUT2D eigenvalue weighted by Gasteiger charge is 2.23. The molecule has 0 fully saturated rings. The third-order valence-electron chi connectivity index (χ3n) is 1.86. The van der Waals surface area contributed by atoms with Crippen molar-refractivity contribution in [1.29, 1.82) is 0 Å². The highest BCUT2D eigenvalue weighted by molar-refractivity contribution is 6.32. The van der Waals surface area contributed by atoms with Crippen LogP contribution in [0.2, 0.25) is 5.02 Å². The SMILES string of the molecule is NC1COc2c(Cl)cc(O)cc21. The molecule has 1 unspecified atom stereocenters. The van der Waals surface area contributed by atoms with Crippen LogP contribution in [0.15, 0.2) is 12.1 Å². The fourth-order valence-corrected chi connectivity index (χ4v) is 1.57. The summed E-state index contributed by atoms with van der Waals surface area (Å²) in [6.07, 6.45) is 0. The van der Waals surface area contributed by atoms with Crippen molar-refractivity contribution in [2.75, 3.05) is 6.61 Å². The molecule has 0 aromatic heterocycles. The number of fused-ring (bicyclic) bond motifs is 1. The largest absolute Gasteiger partial charge is 0.508 e. The zero-order valence-corrected chi connectivity index (χ0v) is 7.01. The quantitative estimate of drug-likeness (QED) is 0.643.